The summed E-state index contributed by atoms with van der Waals surface area (Å²) < 4.78 is 59.2. The van der Waals surface area contributed by atoms with Crippen molar-refractivity contribution in [2.45, 2.75) is 26.4 Å². The van der Waals surface area contributed by atoms with E-state index in [9.17, 15) is 22.4 Å². The molecular formula is C25H20F4N4O2. The lowest BCUT2D eigenvalue weighted by molar-refractivity contribution is -0.0494. The average molecular weight is 484 g/mol. The fraction of sp³-hybridized carbons (Fsp3) is 0.160. The van der Waals surface area contributed by atoms with Gasteiger partial charge in [0.05, 0.1) is 16.9 Å². The Hall–Kier alpha value is -4.21. The Bertz CT molecular complexity index is 1350. The molecule has 0 spiro atoms. The van der Waals surface area contributed by atoms with Crippen LogP contribution in [-0.2, 0) is 5.92 Å². The number of ether oxygens (including phenoxy) is 1. The Morgan fingerprint density at radius 3 is 2.51 bits per heavy atom. The molecule has 0 aliphatic rings. The zero-order valence-electron chi connectivity index (χ0n) is 18.7. The summed E-state index contributed by atoms with van der Waals surface area (Å²) in [5, 5.41) is 6.97. The van der Waals surface area contributed by atoms with Crippen LogP contribution in [0.1, 0.15) is 28.5 Å². The van der Waals surface area contributed by atoms with Crippen LogP contribution in [0.5, 0.6) is 5.75 Å². The molecule has 10 heteroatoms. The van der Waals surface area contributed by atoms with Crippen molar-refractivity contribution in [3.05, 3.63) is 90.0 Å². The predicted molar refractivity (Wildman–Crippen MR) is 122 cm³/mol. The van der Waals surface area contributed by atoms with Gasteiger partial charge in [-0.15, -0.1) is 0 Å². The highest BCUT2D eigenvalue weighted by molar-refractivity contribution is 6.05. The quantitative estimate of drug-likeness (QED) is 0.317. The van der Waals surface area contributed by atoms with Crippen LogP contribution in [0.4, 0.5) is 23.2 Å². The van der Waals surface area contributed by atoms with Gasteiger partial charge in [-0.3, -0.25) is 9.78 Å². The molecule has 6 nitrogen and oxygen atoms in total. The Balaban J connectivity index is 1.65. The number of anilines is 1. The number of nitrogens with zero attached hydrogens (tertiary/aromatic N) is 3. The normalized spacial score (nSPS) is 11.5. The monoisotopic (exact) mass is 484 g/mol. The minimum atomic E-state index is -3.05. The molecule has 0 atom stereocenters. The van der Waals surface area contributed by atoms with Gasteiger partial charge in [0.25, 0.3) is 11.8 Å². The molecular weight excluding hydrogens is 464 g/mol. The van der Waals surface area contributed by atoms with Crippen LogP contribution in [0.15, 0.2) is 73.2 Å². The van der Waals surface area contributed by atoms with Gasteiger partial charge in [0, 0.05) is 42.3 Å². The number of rotatable bonds is 7. The third kappa shape index (κ3) is 5.48. The summed E-state index contributed by atoms with van der Waals surface area (Å²) in [6, 6.07) is 13.3. The zero-order chi connectivity index (χ0) is 25.2. The highest BCUT2D eigenvalue weighted by atomic mass is 19.3. The Morgan fingerprint density at radius 1 is 1.09 bits per heavy atom. The van der Waals surface area contributed by atoms with E-state index in [4.69, 9.17) is 0 Å². The second-order valence-electron chi connectivity index (χ2n) is 7.79. The lowest BCUT2D eigenvalue weighted by Crippen LogP contribution is -2.14. The van der Waals surface area contributed by atoms with Gasteiger partial charge >= 0.3 is 6.61 Å². The van der Waals surface area contributed by atoms with Crippen molar-refractivity contribution in [1.29, 1.82) is 0 Å². The molecule has 4 rings (SSSR count). The van der Waals surface area contributed by atoms with E-state index in [1.54, 1.807) is 25.1 Å². The first-order valence-electron chi connectivity index (χ1n) is 10.5. The molecule has 1 amide bonds. The zero-order valence-corrected chi connectivity index (χ0v) is 18.7. The van der Waals surface area contributed by atoms with Crippen LogP contribution in [0.25, 0.3) is 16.8 Å². The number of aryl methyl sites for hydroxylation is 1. The smallest absolute Gasteiger partial charge is 0.387 e. The van der Waals surface area contributed by atoms with Crippen molar-refractivity contribution >= 4 is 11.6 Å². The summed E-state index contributed by atoms with van der Waals surface area (Å²) in [5.74, 6) is -3.60. The van der Waals surface area contributed by atoms with Gasteiger partial charge in [-0.25, -0.2) is 13.5 Å². The van der Waals surface area contributed by atoms with Crippen molar-refractivity contribution < 1.29 is 27.1 Å². The highest BCUT2D eigenvalue weighted by Crippen LogP contribution is 2.33. The number of aromatic nitrogens is 3. The van der Waals surface area contributed by atoms with Crippen molar-refractivity contribution in [3.8, 4) is 22.6 Å². The van der Waals surface area contributed by atoms with Gasteiger partial charge < -0.3 is 10.1 Å². The molecule has 2 aromatic heterocycles. The van der Waals surface area contributed by atoms with Gasteiger partial charge in [0.2, 0.25) is 0 Å². The number of pyridine rings is 1. The maximum absolute atomic E-state index is 13.6. The van der Waals surface area contributed by atoms with E-state index in [1.165, 1.54) is 59.7 Å². The van der Waals surface area contributed by atoms with Crippen molar-refractivity contribution in [3.63, 3.8) is 0 Å². The fourth-order valence-electron chi connectivity index (χ4n) is 3.50. The van der Waals surface area contributed by atoms with Crippen molar-refractivity contribution in [2.75, 3.05) is 5.32 Å². The SMILES string of the molecule is Cc1nn(-c2ccc(OC(F)F)c(-c3ccncc3)c2)cc1C(=O)Nc1cccc(C(C)(F)F)c1. The van der Waals surface area contributed by atoms with E-state index in [0.29, 0.717) is 22.5 Å². The predicted octanol–water partition coefficient (Wildman–Crippen LogP) is 6.21. The number of alkyl halides is 4. The topological polar surface area (TPSA) is 69.0 Å². The standard InChI is InChI=1S/C25H20F4N4O2/c1-15-21(23(34)31-18-5-3-4-17(12-18)25(2,28)29)14-33(32-15)19-6-7-22(35-24(26)27)20(13-19)16-8-10-30-11-9-16/h3-14,24H,1-2H3,(H,31,34). The average Bonchev–Trinajstić information content (AvgIpc) is 3.21. The first kappa shape index (κ1) is 23.9. The number of hydrogen-bond acceptors (Lipinski definition) is 4. The van der Waals surface area contributed by atoms with E-state index in [-0.39, 0.29) is 22.6 Å². The summed E-state index contributed by atoms with van der Waals surface area (Å²) in [6.07, 6.45) is 4.53. The summed E-state index contributed by atoms with van der Waals surface area (Å²) in [6.45, 7) is -0.602. The number of hydrogen-bond donors (Lipinski definition) is 1. The van der Waals surface area contributed by atoms with Gasteiger partial charge in [-0.2, -0.15) is 13.9 Å². The van der Waals surface area contributed by atoms with E-state index in [2.05, 4.69) is 20.1 Å². The molecule has 0 bridgehead atoms. The van der Waals surface area contributed by atoms with Gasteiger partial charge in [0.15, 0.2) is 0 Å². The Kier molecular flexibility index (Phi) is 6.54. The number of benzene rings is 2. The maximum Gasteiger partial charge on any atom is 0.387 e. The van der Waals surface area contributed by atoms with Crippen LogP contribution in [0, 0.1) is 6.92 Å². The Labute approximate surface area is 198 Å². The molecule has 0 fully saturated rings. The second kappa shape index (κ2) is 9.57. The fourth-order valence-corrected chi connectivity index (χ4v) is 3.50. The third-order valence-electron chi connectivity index (χ3n) is 5.21. The largest absolute Gasteiger partial charge is 0.434 e. The minimum absolute atomic E-state index is 0.0237. The summed E-state index contributed by atoms with van der Waals surface area (Å²) in [7, 11) is 0. The Morgan fingerprint density at radius 2 is 1.83 bits per heavy atom. The number of nitrogens with one attached hydrogen (secondary N) is 1. The molecule has 0 aliphatic heterocycles. The number of carbonyl (C=O) groups excluding carboxylic acids is 1. The van der Waals surface area contributed by atoms with Crippen LogP contribution in [-0.4, -0.2) is 27.3 Å². The second-order valence-corrected chi connectivity index (χ2v) is 7.79. The van der Waals surface area contributed by atoms with E-state index < -0.39 is 18.4 Å². The van der Waals surface area contributed by atoms with Crippen molar-refractivity contribution in [1.82, 2.24) is 14.8 Å². The van der Waals surface area contributed by atoms with E-state index >= 15 is 0 Å². The lowest BCUT2D eigenvalue weighted by Gasteiger charge is -2.13. The summed E-state index contributed by atoms with van der Waals surface area (Å²) in [5.41, 5.74) is 2.09. The molecule has 35 heavy (non-hydrogen) atoms. The molecule has 180 valence electrons. The number of carbonyl (C=O) groups is 1. The first-order valence-corrected chi connectivity index (χ1v) is 10.5. The van der Waals surface area contributed by atoms with Crippen LogP contribution in [0.3, 0.4) is 0 Å². The number of halogens is 4. The van der Waals surface area contributed by atoms with Gasteiger partial charge in [-0.05, 0) is 55.0 Å². The van der Waals surface area contributed by atoms with Crippen LogP contribution in [0.2, 0.25) is 0 Å². The third-order valence-corrected chi connectivity index (χ3v) is 5.21. The van der Waals surface area contributed by atoms with Crippen molar-refractivity contribution in [2.24, 2.45) is 0 Å². The van der Waals surface area contributed by atoms with Gasteiger partial charge in [-0.1, -0.05) is 12.1 Å². The molecule has 4 aromatic rings. The molecule has 0 aliphatic carbocycles. The number of amides is 1. The maximum atomic E-state index is 13.6. The summed E-state index contributed by atoms with van der Waals surface area (Å²) in [4.78, 5) is 16.8. The lowest BCUT2D eigenvalue weighted by atomic mass is 10.1. The minimum Gasteiger partial charge on any atom is -0.434 e. The molecule has 2 aromatic carbocycles. The van der Waals surface area contributed by atoms with Crippen LogP contribution >= 0.6 is 0 Å². The molecule has 0 radical (unpaired) electrons. The highest BCUT2D eigenvalue weighted by Gasteiger charge is 2.24. The van der Waals surface area contributed by atoms with E-state index in [1.807, 2.05) is 0 Å². The first-order chi connectivity index (χ1) is 16.6. The molecule has 2 heterocycles. The van der Waals surface area contributed by atoms with Gasteiger partial charge in [0.1, 0.15) is 5.75 Å². The van der Waals surface area contributed by atoms with E-state index in [0.717, 1.165) is 6.92 Å². The summed E-state index contributed by atoms with van der Waals surface area (Å²) >= 11 is 0. The molecule has 0 saturated carbocycles. The molecule has 0 unspecified atom stereocenters. The molecule has 1 N–H and O–H groups in total. The molecule has 0 saturated heterocycles. The van der Waals surface area contributed by atoms with Crippen LogP contribution < -0.4 is 10.1 Å².